The standard InChI is InChI=1S/C16H26O15/c17-7(18)3-27-1-5-9(21)10(22)13(25)16(30-5)31-14-6(2-28-4-8(19)20)29-15(26)12(24)11(14)23/h5-6,9-16,21-26H,1-4H2,(H,17,18)(H,19,20)/t5-,6-,9+,10+,11-,12-,13-,14-,15+,16+/m1/s1. The number of hydrogen-bond acceptors (Lipinski definition) is 13. The third-order valence-electron chi connectivity index (χ3n) is 4.63. The highest BCUT2D eigenvalue weighted by Gasteiger charge is 2.50. The van der Waals surface area contributed by atoms with Crippen molar-refractivity contribution >= 4 is 11.9 Å². The van der Waals surface area contributed by atoms with Gasteiger partial charge in [-0.1, -0.05) is 0 Å². The first kappa shape index (κ1) is 25.8. The van der Waals surface area contributed by atoms with Crippen molar-refractivity contribution in [2.45, 2.75) is 61.4 Å². The highest BCUT2D eigenvalue weighted by molar-refractivity contribution is 5.68. The highest BCUT2D eigenvalue weighted by atomic mass is 16.7. The molecule has 0 aromatic rings. The van der Waals surface area contributed by atoms with E-state index in [1.54, 1.807) is 0 Å². The average Bonchev–Trinajstić information content (AvgIpc) is 2.69. The summed E-state index contributed by atoms with van der Waals surface area (Å²) in [5.41, 5.74) is 0. The van der Waals surface area contributed by atoms with E-state index in [0.717, 1.165) is 0 Å². The molecular weight excluding hydrogens is 432 g/mol. The van der Waals surface area contributed by atoms with Gasteiger partial charge in [-0.05, 0) is 0 Å². The summed E-state index contributed by atoms with van der Waals surface area (Å²) in [6.07, 6.45) is -16.7. The Labute approximate surface area is 174 Å². The van der Waals surface area contributed by atoms with Crippen molar-refractivity contribution in [2.75, 3.05) is 26.4 Å². The van der Waals surface area contributed by atoms with Gasteiger partial charge in [0.05, 0.1) is 13.2 Å². The minimum Gasteiger partial charge on any atom is -0.480 e. The van der Waals surface area contributed by atoms with Gasteiger partial charge >= 0.3 is 11.9 Å². The molecule has 0 spiro atoms. The van der Waals surface area contributed by atoms with Gasteiger partial charge in [0, 0.05) is 0 Å². The minimum atomic E-state index is -1.85. The SMILES string of the molecule is O=C(O)COC[C@H]1O[C@@H](O[C@H]2[C@H](O)[C@@H](O)[C@@H](O)O[C@@H]2COCC(=O)O)[C@H](O)[C@@H](O)[C@H]1O. The molecule has 0 saturated carbocycles. The van der Waals surface area contributed by atoms with E-state index in [0.29, 0.717) is 0 Å². The second-order valence-corrected chi connectivity index (χ2v) is 6.98. The quantitative estimate of drug-likeness (QED) is 0.152. The minimum absolute atomic E-state index is 0.493. The number of hydrogen-bond donors (Lipinski definition) is 8. The molecule has 2 fully saturated rings. The lowest BCUT2D eigenvalue weighted by atomic mass is 9.97. The average molecular weight is 458 g/mol. The molecule has 8 N–H and O–H groups in total. The van der Waals surface area contributed by atoms with Gasteiger partial charge in [-0.15, -0.1) is 0 Å². The number of carbonyl (C=O) groups is 2. The van der Waals surface area contributed by atoms with Gasteiger partial charge in [0.2, 0.25) is 0 Å². The van der Waals surface area contributed by atoms with Crippen molar-refractivity contribution in [3.63, 3.8) is 0 Å². The van der Waals surface area contributed by atoms with E-state index in [4.69, 9.17) is 33.9 Å². The summed E-state index contributed by atoms with van der Waals surface area (Å²) in [7, 11) is 0. The number of carboxylic acid groups (broad SMARTS) is 2. The van der Waals surface area contributed by atoms with E-state index in [1.807, 2.05) is 0 Å². The maximum Gasteiger partial charge on any atom is 0.329 e. The summed E-state index contributed by atoms with van der Waals surface area (Å²) >= 11 is 0. The Hall–Kier alpha value is -1.50. The fourth-order valence-electron chi connectivity index (χ4n) is 3.07. The van der Waals surface area contributed by atoms with E-state index in [2.05, 4.69) is 0 Å². The van der Waals surface area contributed by atoms with Gasteiger partial charge in [-0.2, -0.15) is 0 Å². The first-order chi connectivity index (χ1) is 14.5. The maximum atomic E-state index is 10.6. The molecule has 0 radical (unpaired) electrons. The third-order valence-corrected chi connectivity index (χ3v) is 4.63. The van der Waals surface area contributed by atoms with Crippen molar-refractivity contribution in [3.8, 4) is 0 Å². The predicted octanol–water partition coefficient (Wildman–Crippen LogP) is -5.18. The van der Waals surface area contributed by atoms with Crippen LogP contribution in [0.4, 0.5) is 0 Å². The molecule has 0 unspecified atom stereocenters. The molecule has 0 amide bonds. The van der Waals surface area contributed by atoms with Crippen LogP contribution >= 0.6 is 0 Å². The van der Waals surface area contributed by atoms with Crippen LogP contribution in [0.3, 0.4) is 0 Å². The number of aliphatic hydroxyl groups excluding tert-OH is 6. The molecule has 10 atom stereocenters. The zero-order chi connectivity index (χ0) is 23.3. The molecule has 2 rings (SSSR count). The Morgan fingerprint density at radius 1 is 0.677 bits per heavy atom. The van der Waals surface area contributed by atoms with Crippen LogP contribution in [0.25, 0.3) is 0 Å². The molecule has 0 aliphatic carbocycles. The van der Waals surface area contributed by atoms with Gasteiger partial charge in [-0.3, -0.25) is 0 Å². The molecule has 0 aromatic carbocycles. The first-order valence-electron chi connectivity index (χ1n) is 9.16. The van der Waals surface area contributed by atoms with Crippen molar-refractivity contribution in [1.82, 2.24) is 0 Å². The highest BCUT2D eigenvalue weighted by Crippen LogP contribution is 2.29. The van der Waals surface area contributed by atoms with E-state index < -0.39 is 99.8 Å². The molecule has 2 heterocycles. The van der Waals surface area contributed by atoms with Crippen molar-refractivity contribution in [3.05, 3.63) is 0 Å². The van der Waals surface area contributed by atoms with Gasteiger partial charge in [0.15, 0.2) is 12.6 Å². The summed E-state index contributed by atoms with van der Waals surface area (Å²) in [4.78, 5) is 21.2. The predicted molar refractivity (Wildman–Crippen MR) is 91.4 cm³/mol. The van der Waals surface area contributed by atoms with E-state index in [-0.39, 0.29) is 0 Å². The largest absolute Gasteiger partial charge is 0.480 e. The molecule has 0 bridgehead atoms. The van der Waals surface area contributed by atoms with Crippen molar-refractivity contribution in [2.24, 2.45) is 0 Å². The Bertz CT molecular complexity index is 602. The lowest BCUT2D eigenvalue weighted by Gasteiger charge is -2.45. The molecule has 0 aromatic heterocycles. The Morgan fingerprint density at radius 2 is 1.23 bits per heavy atom. The van der Waals surface area contributed by atoms with Crippen LogP contribution in [0.5, 0.6) is 0 Å². The third kappa shape index (κ3) is 6.74. The number of aliphatic carboxylic acids is 2. The number of rotatable bonds is 10. The van der Waals surface area contributed by atoms with Gasteiger partial charge in [0.25, 0.3) is 0 Å². The van der Waals surface area contributed by atoms with Gasteiger partial charge < -0.3 is 64.5 Å². The second-order valence-electron chi connectivity index (χ2n) is 6.98. The zero-order valence-electron chi connectivity index (χ0n) is 16.0. The second kappa shape index (κ2) is 11.4. The zero-order valence-corrected chi connectivity index (χ0v) is 16.0. The molecule has 180 valence electrons. The summed E-state index contributed by atoms with van der Waals surface area (Å²) < 4.78 is 25.5. The van der Waals surface area contributed by atoms with Crippen LogP contribution in [0, 0.1) is 0 Å². The maximum absolute atomic E-state index is 10.6. The Morgan fingerprint density at radius 3 is 1.77 bits per heavy atom. The number of ether oxygens (including phenoxy) is 5. The summed E-state index contributed by atoms with van der Waals surface area (Å²) in [6, 6.07) is 0. The summed E-state index contributed by atoms with van der Waals surface area (Å²) in [6.45, 7) is -2.46. The summed E-state index contributed by atoms with van der Waals surface area (Å²) in [5.74, 6) is -2.60. The Kier molecular flexibility index (Phi) is 9.46. The van der Waals surface area contributed by atoms with Crippen LogP contribution < -0.4 is 0 Å². The topological polar surface area (TPSA) is 242 Å². The first-order valence-corrected chi connectivity index (χ1v) is 9.16. The monoisotopic (exact) mass is 458 g/mol. The van der Waals surface area contributed by atoms with Crippen LogP contribution in [-0.4, -0.2) is 141 Å². The number of aliphatic hydroxyl groups is 6. The Balaban J connectivity index is 2.09. The van der Waals surface area contributed by atoms with Crippen LogP contribution in [0.1, 0.15) is 0 Å². The van der Waals surface area contributed by atoms with E-state index >= 15 is 0 Å². The molecule has 15 nitrogen and oxygen atoms in total. The lowest BCUT2D eigenvalue weighted by Crippen LogP contribution is -2.64. The molecule has 2 aliphatic rings. The van der Waals surface area contributed by atoms with Crippen LogP contribution in [-0.2, 0) is 33.3 Å². The number of carboxylic acids is 2. The van der Waals surface area contributed by atoms with Gasteiger partial charge in [0.1, 0.15) is 62.0 Å². The fraction of sp³-hybridized carbons (Fsp3) is 0.875. The molecule has 2 saturated heterocycles. The van der Waals surface area contributed by atoms with Crippen LogP contribution in [0.15, 0.2) is 0 Å². The van der Waals surface area contributed by atoms with Crippen molar-refractivity contribution in [1.29, 1.82) is 0 Å². The molecule has 15 heteroatoms. The van der Waals surface area contributed by atoms with E-state index in [9.17, 15) is 40.2 Å². The molecule has 2 aliphatic heterocycles. The van der Waals surface area contributed by atoms with Crippen molar-refractivity contribution < 1.29 is 74.1 Å². The fourth-order valence-corrected chi connectivity index (χ4v) is 3.07. The van der Waals surface area contributed by atoms with E-state index in [1.165, 1.54) is 0 Å². The van der Waals surface area contributed by atoms with Gasteiger partial charge in [-0.25, -0.2) is 9.59 Å². The molecule has 31 heavy (non-hydrogen) atoms. The lowest BCUT2D eigenvalue weighted by molar-refractivity contribution is -0.356. The normalized spacial score (nSPS) is 41.1. The van der Waals surface area contributed by atoms with Crippen LogP contribution in [0.2, 0.25) is 0 Å². The molecular formula is C16H26O15. The summed E-state index contributed by atoms with van der Waals surface area (Å²) in [5, 5.41) is 77.3. The smallest absolute Gasteiger partial charge is 0.329 e.